The largest absolute Gasteiger partial charge is 0.459 e. The summed E-state index contributed by atoms with van der Waals surface area (Å²) >= 11 is 3.48. The molecule has 1 aromatic carbocycles. The van der Waals surface area contributed by atoms with Gasteiger partial charge in [0.25, 0.3) is 0 Å². The smallest absolute Gasteiger partial charge is 0.138 e. The van der Waals surface area contributed by atoms with Gasteiger partial charge in [0.2, 0.25) is 0 Å². The SMILES string of the molecule is Cc1noc(C)c1CNC(C)c1cc2cc(Br)ccc2o1. The van der Waals surface area contributed by atoms with Crippen molar-refractivity contribution in [3.05, 3.63) is 51.5 Å². The van der Waals surface area contributed by atoms with Crippen molar-refractivity contribution in [2.75, 3.05) is 0 Å². The first kappa shape index (κ1) is 14.4. The monoisotopic (exact) mass is 348 g/mol. The van der Waals surface area contributed by atoms with Gasteiger partial charge in [-0.3, -0.25) is 0 Å². The van der Waals surface area contributed by atoms with Gasteiger partial charge in [-0.25, -0.2) is 0 Å². The summed E-state index contributed by atoms with van der Waals surface area (Å²) in [5.41, 5.74) is 2.95. The summed E-state index contributed by atoms with van der Waals surface area (Å²) in [6.45, 7) is 6.69. The molecular formula is C16H17BrN2O2. The summed E-state index contributed by atoms with van der Waals surface area (Å²) in [4.78, 5) is 0. The lowest BCUT2D eigenvalue weighted by Gasteiger charge is -2.10. The highest BCUT2D eigenvalue weighted by atomic mass is 79.9. The number of benzene rings is 1. The fourth-order valence-electron chi connectivity index (χ4n) is 2.36. The van der Waals surface area contributed by atoms with Crippen molar-refractivity contribution in [3.8, 4) is 0 Å². The summed E-state index contributed by atoms with van der Waals surface area (Å²) in [5, 5.41) is 8.52. The van der Waals surface area contributed by atoms with E-state index in [4.69, 9.17) is 8.94 Å². The maximum Gasteiger partial charge on any atom is 0.138 e. The van der Waals surface area contributed by atoms with E-state index in [0.717, 1.165) is 38.2 Å². The number of furan rings is 1. The predicted octanol–water partition coefficient (Wildman–Crippen LogP) is 4.65. The number of rotatable bonds is 4. The van der Waals surface area contributed by atoms with Crippen LogP contribution in [0.15, 0.2) is 37.7 Å². The Morgan fingerprint density at radius 3 is 2.81 bits per heavy atom. The van der Waals surface area contributed by atoms with E-state index in [1.165, 1.54) is 0 Å². The van der Waals surface area contributed by atoms with Crippen LogP contribution in [0.25, 0.3) is 11.0 Å². The van der Waals surface area contributed by atoms with Gasteiger partial charge in [0, 0.05) is 22.0 Å². The topological polar surface area (TPSA) is 51.2 Å². The van der Waals surface area contributed by atoms with Crippen molar-refractivity contribution in [2.24, 2.45) is 0 Å². The van der Waals surface area contributed by atoms with Crippen LogP contribution in [0, 0.1) is 13.8 Å². The Morgan fingerprint density at radius 2 is 2.10 bits per heavy atom. The molecule has 0 saturated carbocycles. The lowest BCUT2D eigenvalue weighted by Crippen LogP contribution is -2.18. The molecule has 3 aromatic rings. The average molecular weight is 349 g/mol. The van der Waals surface area contributed by atoms with Crippen LogP contribution in [0.1, 0.15) is 35.7 Å². The number of aryl methyl sites for hydroxylation is 2. The van der Waals surface area contributed by atoms with Crippen molar-refractivity contribution in [1.82, 2.24) is 10.5 Å². The molecule has 1 N–H and O–H groups in total. The van der Waals surface area contributed by atoms with E-state index in [1.807, 2.05) is 26.0 Å². The van der Waals surface area contributed by atoms with E-state index < -0.39 is 0 Å². The van der Waals surface area contributed by atoms with E-state index in [1.54, 1.807) is 0 Å². The summed E-state index contributed by atoms with van der Waals surface area (Å²) in [6, 6.07) is 8.21. The average Bonchev–Trinajstić information content (AvgIpc) is 3.00. The molecule has 0 spiro atoms. The zero-order valence-corrected chi connectivity index (χ0v) is 13.8. The molecule has 1 atom stereocenters. The number of nitrogens with one attached hydrogen (secondary N) is 1. The van der Waals surface area contributed by atoms with Crippen LogP contribution < -0.4 is 5.32 Å². The van der Waals surface area contributed by atoms with Gasteiger partial charge in [-0.15, -0.1) is 0 Å². The highest BCUT2D eigenvalue weighted by molar-refractivity contribution is 9.10. The second kappa shape index (κ2) is 5.66. The lowest BCUT2D eigenvalue weighted by molar-refractivity contribution is 0.391. The molecule has 0 radical (unpaired) electrons. The van der Waals surface area contributed by atoms with Crippen LogP contribution in [-0.4, -0.2) is 5.16 Å². The van der Waals surface area contributed by atoms with Gasteiger partial charge in [-0.2, -0.15) is 0 Å². The van der Waals surface area contributed by atoms with E-state index in [9.17, 15) is 0 Å². The lowest BCUT2D eigenvalue weighted by atomic mass is 10.1. The second-order valence-electron chi connectivity index (χ2n) is 5.24. The third kappa shape index (κ3) is 2.89. The van der Waals surface area contributed by atoms with E-state index >= 15 is 0 Å². The van der Waals surface area contributed by atoms with Gasteiger partial charge in [0.05, 0.1) is 11.7 Å². The molecule has 0 saturated heterocycles. The minimum atomic E-state index is 0.116. The molecule has 21 heavy (non-hydrogen) atoms. The zero-order valence-electron chi connectivity index (χ0n) is 12.2. The van der Waals surface area contributed by atoms with Gasteiger partial charge in [0.15, 0.2) is 0 Å². The van der Waals surface area contributed by atoms with E-state index in [2.05, 4.69) is 45.5 Å². The van der Waals surface area contributed by atoms with Crippen LogP contribution >= 0.6 is 15.9 Å². The number of aromatic nitrogens is 1. The third-order valence-electron chi connectivity index (χ3n) is 3.69. The Labute approximate surface area is 131 Å². The highest BCUT2D eigenvalue weighted by Gasteiger charge is 2.14. The van der Waals surface area contributed by atoms with Gasteiger partial charge in [-0.1, -0.05) is 21.1 Å². The van der Waals surface area contributed by atoms with Crippen LogP contribution in [0.3, 0.4) is 0 Å². The minimum Gasteiger partial charge on any atom is -0.459 e. The quantitative estimate of drug-likeness (QED) is 0.745. The van der Waals surface area contributed by atoms with Crippen molar-refractivity contribution in [1.29, 1.82) is 0 Å². The molecule has 2 heterocycles. The Bertz CT molecular complexity index is 756. The molecule has 0 aliphatic carbocycles. The van der Waals surface area contributed by atoms with Crippen LogP contribution in [0.2, 0.25) is 0 Å². The molecule has 0 aliphatic rings. The molecular weight excluding hydrogens is 332 g/mol. The standard InChI is InChI=1S/C16H17BrN2O2/c1-9-14(11(3)21-19-9)8-18-10(2)16-7-12-6-13(17)4-5-15(12)20-16/h4-7,10,18H,8H2,1-3H3. The van der Waals surface area contributed by atoms with Crippen molar-refractivity contribution >= 4 is 26.9 Å². The fourth-order valence-corrected chi connectivity index (χ4v) is 2.74. The van der Waals surface area contributed by atoms with Gasteiger partial charge in [0.1, 0.15) is 17.1 Å². The summed E-state index contributed by atoms with van der Waals surface area (Å²) in [7, 11) is 0. The maximum absolute atomic E-state index is 5.89. The Hall–Kier alpha value is -1.59. The summed E-state index contributed by atoms with van der Waals surface area (Å²) in [5.74, 6) is 1.79. The molecule has 0 fully saturated rings. The highest BCUT2D eigenvalue weighted by Crippen LogP contribution is 2.27. The molecule has 1 unspecified atom stereocenters. The Kier molecular flexibility index (Phi) is 3.87. The molecule has 0 aliphatic heterocycles. The van der Waals surface area contributed by atoms with Crippen LogP contribution in [0.5, 0.6) is 0 Å². The van der Waals surface area contributed by atoms with Gasteiger partial charge < -0.3 is 14.3 Å². The third-order valence-corrected chi connectivity index (χ3v) is 4.18. The molecule has 0 amide bonds. The van der Waals surface area contributed by atoms with Crippen molar-refractivity contribution in [2.45, 2.75) is 33.4 Å². The van der Waals surface area contributed by atoms with E-state index in [-0.39, 0.29) is 6.04 Å². The van der Waals surface area contributed by atoms with Crippen molar-refractivity contribution < 1.29 is 8.94 Å². The van der Waals surface area contributed by atoms with Gasteiger partial charge >= 0.3 is 0 Å². The summed E-state index contributed by atoms with van der Waals surface area (Å²) in [6.07, 6.45) is 0. The first-order chi connectivity index (χ1) is 10.0. The number of fused-ring (bicyclic) bond motifs is 1. The first-order valence-corrected chi connectivity index (χ1v) is 7.68. The van der Waals surface area contributed by atoms with Crippen molar-refractivity contribution in [3.63, 3.8) is 0 Å². The Morgan fingerprint density at radius 1 is 1.29 bits per heavy atom. The number of hydrogen-bond acceptors (Lipinski definition) is 4. The van der Waals surface area contributed by atoms with Crippen LogP contribution in [-0.2, 0) is 6.54 Å². The molecule has 3 rings (SSSR count). The number of nitrogens with zero attached hydrogens (tertiary/aromatic N) is 1. The minimum absolute atomic E-state index is 0.116. The van der Waals surface area contributed by atoms with Gasteiger partial charge in [-0.05, 0) is 45.0 Å². The molecule has 0 bridgehead atoms. The molecule has 5 heteroatoms. The molecule has 2 aromatic heterocycles. The molecule has 110 valence electrons. The number of hydrogen-bond donors (Lipinski definition) is 1. The van der Waals surface area contributed by atoms with Crippen LogP contribution in [0.4, 0.5) is 0 Å². The maximum atomic E-state index is 5.89. The van der Waals surface area contributed by atoms with E-state index in [0.29, 0.717) is 6.54 Å². The second-order valence-corrected chi connectivity index (χ2v) is 6.15. The number of halogens is 1. The normalized spacial score (nSPS) is 13.0. The predicted molar refractivity (Wildman–Crippen MR) is 85.1 cm³/mol. The Balaban J connectivity index is 1.76. The molecule has 4 nitrogen and oxygen atoms in total. The first-order valence-electron chi connectivity index (χ1n) is 6.88. The zero-order chi connectivity index (χ0) is 15.0. The fraction of sp³-hybridized carbons (Fsp3) is 0.312. The summed E-state index contributed by atoms with van der Waals surface area (Å²) < 4.78 is 12.1.